The van der Waals surface area contributed by atoms with Crippen LogP contribution in [0.15, 0.2) is 24.3 Å². The monoisotopic (exact) mass is 348 g/mol. The highest BCUT2D eigenvalue weighted by molar-refractivity contribution is 7.84. The number of hydrogen-bond acceptors (Lipinski definition) is 4. The molecule has 1 aromatic rings. The van der Waals surface area contributed by atoms with Gasteiger partial charge in [0.1, 0.15) is 0 Å². The van der Waals surface area contributed by atoms with Gasteiger partial charge in [0, 0.05) is 47.6 Å². The molecule has 0 fully saturated rings. The first kappa shape index (κ1) is 21.0. The number of carbonyl (C=O) groups excluding carboxylic acids is 1. The Kier molecular flexibility index (Phi) is 11.1. The van der Waals surface area contributed by atoms with Gasteiger partial charge >= 0.3 is 0 Å². The first-order valence-corrected chi connectivity index (χ1v) is 8.48. The average Bonchev–Trinajstić information content (AvgIpc) is 2.43. The number of rotatable bonds is 9. The van der Waals surface area contributed by atoms with Crippen LogP contribution >= 0.6 is 12.4 Å². The summed E-state index contributed by atoms with van der Waals surface area (Å²) in [6.07, 6.45) is 1.06. The van der Waals surface area contributed by atoms with Gasteiger partial charge in [0.25, 0.3) is 0 Å². The van der Waals surface area contributed by atoms with Gasteiger partial charge in [-0.2, -0.15) is 0 Å². The summed E-state index contributed by atoms with van der Waals surface area (Å²) in [5, 5.41) is 2.84. The van der Waals surface area contributed by atoms with Crippen LogP contribution in [0, 0.1) is 0 Å². The summed E-state index contributed by atoms with van der Waals surface area (Å²) in [5.41, 5.74) is 7.30. The van der Waals surface area contributed by atoms with Gasteiger partial charge in [-0.1, -0.05) is 12.1 Å². The molecule has 22 heavy (non-hydrogen) atoms. The lowest BCUT2D eigenvalue weighted by molar-refractivity contribution is -0.116. The van der Waals surface area contributed by atoms with Crippen LogP contribution < -0.4 is 11.1 Å². The highest BCUT2D eigenvalue weighted by atomic mass is 35.5. The van der Waals surface area contributed by atoms with Crippen LogP contribution in [-0.2, 0) is 26.1 Å². The standard InChI is InChI=1S/C15H24N2O3S.ClH/c1-12(16)6-7-15(18)17-14-5-3-4-13(10-14)11-21(19)9-8-20-2;/h3-5,10,12H,6-9,11,16H2,1-2H3,(H,17,18);1H. The Bertz CT molecular complexity index is 484. The van der Waals surface area contributed by atoms with Gasteiger partial charge in [-0.05, 0) is 31.0 Å². The van der Waals surface area contributed by atoms with E-state index in [0.717, 1.165) is 11.3 Å². The molecule has 1 amide bonds. The second-order valence-corrected chi connectivity index (χ2v) is 6.62. The number of hydrogen-bond donors (Lipinski definition) is 2. The van der Waals surface area contributed by atoms with Crippen molar-refractivity contribution in [2.45, 2.75) is 31.6 Å². The van der Waals surface area contributed by atoms with Crippen molar-refractivity contribution in [3.05, 3.63) is 29.8 Å². The third-order valence-corrected chi connectivity index (χ3v) is 4.16. The predicted molar refractivity (Wildman–Crippen MR) is 93.8 cm³/mol. The number of carbonyl (C=O) groups is 1. The maximum Gasteiger partial charge on any atom is 0.224 e. The predicted octanol–water partition coefficient (Wildman–Crippen LogP) is 2.07. The lowest BCUT2D eigenvalue weighted by Crippen LogP contribution is -2.19. The van der Waals surface area contributed by atoms with Crippen molar-refractivity contribution in [1.29, 1.82) is 0 Å². The number of benzene rings is 1. The number of amides is 1. The normalized spacial score (nSPS) is 13.0. The van der Waals surface area contributed by atoms with E-state index in [2.05, 4.69) is 5.32 Å². The highest BCUT2D eigenvalue weighted by Crippen LogP contribution is 2.13. The number of ether oxygens (including phenoxy) is 1. The molecular weight excluding hydrogens is 324 g/mol. The van der Waals surface area contributed by atoms with E-state index in [1.165, 1.54) is 0 Å². The third-order valence-electron chi connectivity index (χ3n) is 2.88. The molecule has 0 aromatic heterocycles. The van der Waals surface area contributed by atoms with E-state index < -0.39 is 10.8 Å². The van der Waals surface area contributed by atoms with Gasteiger partial charge < -0.3 is 15.8 Å². The van der Waals surface area contributed by atoms with Gasteiger partial charge in [-0.25, -0.2) is 0 Å². The van der Waals surface area contributed by atoms with Crippen molar-refractivity contribution < 1.29 is 13.7 Å². The summed E-state index contributed by atoms with van der Waals surface area (Å²) in [7, 11) is 0.637. The largest absolute Gasteiger partial charge is 0.384 e. The fraction of sp³-hybridized carbons (Fsp3) is 0.533. The topological polar surface area (TPSA) is 81.4 Å². The highest BCUT2D eigenvalue weighted by Gasteiger charge is 2.06. The fourth-order valence-electron chi connectivity index (χ4n) is 1.76. The van der Waals surface area contributed by atoms with Crippen LogP contribution in [0.1, 0.15) is 25.3 Å². The fourth-order valence-corrected chi connectivity index (χ4v) is 2.80. The lowest BCUT2D eigenvalue weighted by atomic mass is 10.2. The minimum Gasteiger partial charge on any atom is -0.384 e. The molecule has 0 aliphatic heterocycles. The van der Waals surface area contributed by atoms with Crippen LogP contribution in [0.3, 0.4) is 0 Å². The summed E-state index contributed by atoms with van der Waals surface area (Å²) in [6.45, 7) is 2.36. The summed E-state index contributed by atoms with van der Waals surface area (Å²) < 4.78 is 16.7. The van der Waals surface area contributed by atoms with Gasteiger partial charge in [-0.3, -0.25) is 9.00 Å². The average molecular weight is 349 g/mol. The van der Waals surface area contributed by atoms with Crippen molar-refractivity contribution in [3.63, 3.8) is 0 Å². The van der Waals surface area contributed by atoms with E-state index >= 15 is 0 Å². The molecular formula is C15H25ClN2O3S. The Hall–Kier alpha value is -0.950. The zero-order valence-corrected chi connectivity index (χ0v) is 14.7. The molecule has 0 aliphatic rings. The molecule has 126 valence electrons. The van der Waals surface area contributed by atoms with E-state index in [4.69, 9.17) is 10.5 Å². The Morgan fingerprint density at radius 2 is 2.18 bits per heavy atom. The molecule has 0 aliphatic carbocycles. The van der Waals surface area contributed by atoms with Crippen LogP contribution in [0.4, 0.5) is 5.69 Å². The lowest BCUT2D eigenvalue weighted by Gasteiger charge is -2.08. The molecule has 1 rings (SSSR count). The third kappa shape index (κ3) is 9.15. The number of anilines is 1. The minimum atomic E-state index is -0.956. The van der Waals surface area contributed by atoms with Crippen LogP contribution in [-0.4, -0.2) is 35.6 Å². The van der Waals surface area contributed by atoms with Gasteiger partial charge in [0.15, 0.2) is 0 Å². The van der Waals surface area contributed by atoms with Gasteiger partial charge in [0.2, 0.25) is 5.91 Å². The van der Waals surface area contributed by atoms with Crippen molar-refractivity contribution in [2.24, 2.45) is 5.73 Å². The molecule has 0 saturated carbocycles. The number of nitrogens with two attached hydrogens (primary N) is 1. The molecule has 0 heterocycles. The SMILES string of the molecule is COCCS(=O)Cc1cccc(NC(=O)CCC(C)N)c1.Cl. The van der Waals surface area contributed by atoms with Crippen LogP contribution in [0.2, 0.25) is 0 Å². The molecule has 0 saturated heterocycles. The Balaban J connectivity index is 0.00000441. The summed E-state index contributed by atoms with van der Waals surface area (Å²) in [4.78, 5) is 11.7. The molecule has 2 unspecified atom stereocenters. The molecule has 7 heteroatoms. The smallest absolute Gasteiger partial charge is 0.224 e. The number of methoxy groups -OCH3 is 1. The van der Waals surface area contributed by atoms with Crippen LogP contribution in [0.5, 0.6) is 0 Å². The van der Waals surface area contributed by atoms with E-state index in [0.29, 0.717) is 31.0 Å². The van der Waals surface area contributed by atoms with E-state index in [-0.39, 0.29) is 24.4 Å². The van der Waals surface area contributed by atoms with Crippen molar-refractivity contribution in [3.8, 4) is 0 Å². The molecule has 0 bridgehead atoms. The Morgan fingerprint density at radius 3 is 2.82 bits per heavy atom. The van der Waals surface area contributed by atoms with Crippen LogP contribution in [0.25, 0.3) is 0 Å². The molecule has 2 atom stereocenters. The molecule has 5 nitrogen and oxygen atoms in total. The van der Waals surface area contributed by atoms with Gasteiger partial charge in [0.05, 0.1) is 6.61 Å². The first-order chi connectivity index (χ1) is 10.0. The number of nitrogens with one attached hydrogen (secondary N) is 1. The second-order valence-electron chi connectivity index (χ2n) is 5.05. The van der Waals surface area contributed by atoms with E-state index in [1.807, 2.05) is 31.2 Å². The van der Waals surface area contributed by atoms with Crippen molar-refractivity contribution >= 4 is 34.8 Å². The molecule has 0 radical (unpaired) electrons. The quantitative estimate of drug-likeness (QED) is 0.715. The summed E-state index contributed by atoms with van der Waals surface area (Å²) in [5.74, 6) is 0.930. The molecule has 0 spiro atoms. The maximum atomic E-state index is 11.8. The Labute approximate surface area is 140 Å². The second kappa shape index (κ2) is 11.6. The maximum absolute atomic E-state index is 11.8. The van der Waals surface area contributed by atoms with E-state index in [9.17, 15) is 9.00 Å². The van der Waals surface area contributed by atoms with Crippen molar-refractivity contribution in [1.82, 2.24) is 0 Å². The van der Waals surface area contributed by atoms with E-state index in [1.54, 1.807) is 7.11 Å². The van der Waals surface area contributed by atoms with Gasteiger partial charge in [-0.15, -0.1) is 12.4 Å². The minimum absolute atomic E-state index is 0. The van der Waals surface area contributed by atoms with Crippen molar-refractivity contribution in [2.75, 3.05) is 24.8 Å². The molecule has 1 aromatic carbocycles. The zero-order chi connectivity index (χ0) is 15.7. The summed E-state index contributed by atoms with van der Waals surface area (Å²) in [6, 6.07) is 7.46. The summed E-state index contributed by atoms with van der Waals surface area (Å²) >= 11 is 0. The number of halogens is 1. The Morgan fingerprint density at radius 1 is 1.45 bits per heavy atom. The zero-order valence-electron chi connectivity index (χ0n) is 13.0. The first-order valence-electron chi connectivity index (χ1n) is 6.99. The molecule has 3 N–H and O–H groups in total.